The van der Waals surface area contributed by atoms with E-state index in [0.717, 1.165) is 5.56 Å². The molecule has 0 saturated heterocycles. The number of rotatable bonds is 6. The summed E-state index contributed by atoms with van der Waals surface area (Å²) in [5.74, 6) is -0.132. The average molecular weight is 317 g/mol. The minimum Gasteiger partial charge on any atom is -0.387 e. The third kappa shape index (κ3) is 4.43. The Hall–Kier alpha value is -2.66. The van der Waals surface area contributed by atoms with Crippen molar-refractivity contribution in [3.63, 3.8) is 0 Å². The number of benzene rings is 2. The van der Waals surface area contributed by atoms with Crippen LogP contribution < -0.4 is 5.32 Å². The smallest absolute Gasteiger partial charge is 0.269 e. The van der Waals surface area contributed by atoms with E-state index in [1.807, 2.05) is 0 Å². The Morgan fingerprint density at radius 2 is 1.77 bits per heavy atom. The van der Waals surface area contributed by atoms with Crippen molar-refractivity contribution in [2.45, 2.75) is 6.54 Å². The van der Waals surface area contributed by atoms with Crippen LogP contribution in [0.2, 0.25) is 5.02 Å². The summed E-state index contributed by atoms with van der Waals surface area (Å²) < 4.78 is 0. The van der Waals surface area contributed by atoms with Crippen molar-refractivity contribution in [1.29, 1.82) is 0 Å². The van der Waals surface area contributed by atoms with Gasteiger partial charge in [-0.25, -0.2) is 0 Å². The lowest BCUT2D eigenvalue weighted by Gasteiger charge is -2.01. The number of hydrogen-bond donors (Lipinski definition) is 1. The third-order valence-electron chi connectivity index (χ3n) is 2.93. The molecule has 2 rings (SSSR count). The molecule has 2 aromatic rings. The van der Waals surface area contributed by atoms with Gasteiger partial charge in [0, 0.05) is 41.5 Å². The van der Waals surface area contributed by atoms with Gasteiger partial charge in [0.05, 0.1) is 4.92 Å². The Bertz CT molecular complexity index is 694. The van der Waals surface area contributed by atoms with E-state index in [1.165, 1.54) is 18.2 Å². The van der Waals surface area contributed by atoms with Crippen molar-refractivity contribution >= 4 is 23.1 Å². The second-order valence-corrected chi connectivity index (χ2v) is 4.95. The van der Waals surface area contributed by atoms with E-state index < -0.39 is 4.92 Å². The van der Waals surface area contributed by atoms with Crippen LogP contribution in [0.25, 0.3) is 0 Å². The minimum absolute atomic E-state index is 0.0530. The zero-order chi connectivity index (χ0) is 15.9. The molecule has 0 fully saturated rings. The summed E-state index contributed by atoms with van der Waals surface area (Å²) in [7, 11) is 0. The largest absolute Gasteiger partial charge is 0.387 e. The van der Waals surface area contributed by atoms with Gasteiger partial charge in [0.1, 0.15) is 0 Å². The van der Waals surface area contributed by atoms with Crippen molar-refractivity contribution in [2.75, 3.05) is 0 Å². The van der Waals surface area contributed by atoms with Crippen molar-refractivity contribution in [1.82, 2.24) is 5.32 Å². The van der Waals surface area contributed by atoms with Gasteiger partial charge in [-0.15, -0.1) is 0 Å². The van der Waals surface area contributed by atoms with E-state index in [1.54, 1.807) is 42.6 Å². The lowest BCUT2D eigenvalue weighted by atomic mass is 10.1. The number of nitro groups is 1. The van der Waals surface area contributed by atoms with E-state index >= 15 is 0 Å². The van der Waals surface area contributed by atoms with Gasteiger partial charge >= 0.3 is 0 Å². The molecule has 0 aliphatic heterocycles. The SMILES string of the molecule is O=C(/C=C\NCc1ccc([N+](=O)[O-])cc1)c1ccc(Cl)cc1. The summed E-state index contributed by atoms with van der Waals surface area (Å²) >= 11 is 5.76. The number of halogens is 1. The molecule has 1 N–H and O–H groups in total. The summed E-state index contributed by atoms with van der Waals surface area (Å²) in [6, 6.07) is 12.9. The number of carbonyl (C=O) groups is 1. The summed E-state index contributed by atoms with van der Waals surface area (Å²) in [6.45, 7) is 0.475. The number of nitrogens with one attached hydrogen (secondary N) is 1. The van der Waals surface area contributed by atoms with Crippen molar-refractivity contribution in [3.8, 4) is 0 Å². The molecule has 0 heterocycles. The Labute approximate surface area is 132 Å². The molecule has 2 aromatic carbocycles. The zero-order valence-electron chi connectivity index (χ0n) is 11.5. The fourth-order valence-electron chi connectivity index (χ4n) is 1.76. The molecule has 0 bridgehead atoms. The topological polar surface area (TPSA) is 72.2 Å². The van der Waals surface area contributed by atoms with Gasteiger partial charge in [-0.3, -0.25) is 14.9 Å². The molecule has 0 unspecified atom stereocenters. The van der Waals surface area contributed by atoms with E-state index in [0.29, 0.717) is 17.1 Å². The van der Waals surface area contributed by atoms with E-state index in [9.17, 15) is 14.9 Å². The monoisotopic (exact) mass is 316 g/mol. The zero-order valence-corrected chi connectivity index (χ0v) is 12.3. The van der Waals surface area contributed by atoms with Crippen LogP contribution in [0.15, 0.2) is 60.8 Å². The number of non-ortho nitro benzene ring substituents is 1. The fourth-order valence-corrected chi connectivity index (χ4v) is 1.88. The quantitative estimate of drug-likeness (QED) is 0.381. The first-order valence-electron chi connectivity index (χ1n) is 6.49. The molecule has 0 spiro atoms. The first-order chi connectivity index (χ1) is 10.6. The number of nitrogens with zero attached hydrogens (tertiary/aromatic N) is 1. The van der Waals surface area contributed by atoms with Gasteiger partial charge in [-0.1, -0.05) is 23.7 Å². The van der Waals surface area contributed by atoms with Crippen LogP contribution >= 0.6 is 11.6 Å². The van der Waals surface area contributed by atoms with E-state index in [4.69, 9.17) is 11.6 Å². The lowest BCUT2D eigenvalue weighted by Crippen LogP contribution is -2.06. The lowest BCUT2D eigenvalue weighted by molar-refractivity contribution is -0.384. The molecule has 5 nitrogen and oxygen atoms in total. The molecule has 0 atom stereocenters. The van der Waals surface area contributed by atoms with Crippen LogP contribution in [-0.2, 0) is 6.54 Å². The van der Waals surface area contributed by atoms with Crippen LogP contribution in [0.3, 0.4) is 0 Å². The predicted molar refractivity (Wildman–Crippen MR) is 84.9 cm³/mol. The number of ketones is 1. The van der Waals surface area contributed by atoms with Gasteiger partial charge in [0.15, 0.2) is 5.78 Å². The van der Waals surface area contributed by atoms with Gasteiger partial charge in [0.2, 0.25) is 0 Å². The van der Waals surface area contributed by atoms with Crippen LogP contribution in [0.5, 0.6) is 0 Å². The number of carbonyl (C=O) groups excluding carboxylic acids is 1. The number of nitro benzene ring substituents is 1. The van der Waals surface area contributed by atoms with Crippen molar-refractivity contribution in [3.05, 3.63) is 87.1 Å². The maximum absolute atomic E-state index is 11.8. The summed E-state index contributed by atoms with van der Waals surface area (Å²) in [4.78, 5) is 21.9. The molecular weight excluding hydrogens is 304 g/mol. The van der Waals surface area contributed by atoms with Gasteiger partial charge in [-0.2, -0.15) is 0 Å². The molecule has 0 aliphatic carbocycles. The highest BCUT2D eigenvalue weighted by atomic mass is 35.5. The first-order valence-corrected chi connectivity index (χ1v) is 6.87. The maximum atomic E-state index is 11.8. The van der Waals surface area contributed by atoms with Crippen molar-refractivity contribution in [2.24, 2.45) is 0 Å². The molecule has 112 valence electrons. The molecular formula is C16H13ClN2O3. The van der Waals surface area contributed by atoms with Crippen LogP contribution in [0, 0.1) is 10.1 Å². The Morgan fingerprint density at radius 3 is 2.36 bits per heavy atom. The average Bonchev–Trinajstić information content (AvgIpc) is 2.52. The summed E-state index contributed by atoms with van der Waals surface area (Å²) in [5.41, 5.74) is 1.49. The molecule has 0 aliphatic rings. The Kier molecular flexibility index (Phi) is 5.27. The first kappa shape index (κ1) is 15.7. The maximum Gasteiger partial charge on any atom is 0.269 e. The highest BCUT2D eigenvalue weighted by Crippen LogP contribution is 2.12. The Morgan fingerprint density at radius 1 is 1.14 bits per heavy atom. The highest BCUT2D eigenvalue weighted by Gasteiger charge is 2.03. The molecule has 22 heavy (non-hydrogen) atoms. The molecule has 0 saturated carbocycles. The fraction of sp³-hybridized carbons (Fsp3) is 0.0625. The van der Waals surface area contributed by atoms with Crippen LogP contribution in [0.4, 0.5) is 5.69 Å². The predicted octanol–water partition coefficient (Wildman–Crippen LogP) is 3.73. The van der Waals surface area contributed by atoms with E-state index in [-0.39, 0.29) is 11.5 Å². The van der Waals surface area contributed by atoms with Crippen LogP contribution in [0.1, 0.15) is 15.9 Å². The highest BCUT2D eigenvalue weighted by molar-refractivity contribution is 6.30. The van der Waals surface area contributed by atoms with Crippen molar-refractivity contribution < 1.29 is 9.72 Å². The molecule has 0 amide bonds. The summed E-state index contributed by atoms with van der Waals surface area (Å²) in [5, 5.41) is 14.1. The number of allylic oxidation sites excluding steroid dienone is 1. The second-order valence-electron chi connectivity index (χ2n) is 4.51. The second kappa shape index (κ2) is 7.38. The standard InChI is InChI=1S/C16H13ClN2O3/c17-14-5-3-13(4-6-14)16(20)9-10-18-11-12-1-7-15(8-2-12)19(21)22/h1-10,18H,11H2/b10-9-. The van der Waals surface area contributed by atoms with Gasteiger partial charge in [-0.05, 0) is 29.8 Å². The minimum atomic E-state index is -0.443. The number of hydrogen-bond acceptors (Lipinski definition) is 4. The third-order valence-corrected chi connectivity index (χ3v) is 3.19. The molecule has 0 radical (unpaired) electrons. The molecule has 6 heteroatoms. The van der Waals surface area contributed by atoms with Gasteiger partial charge in [0.25, 0.3) is 5.69 Å². The van der Waals surface area contributed by atoms with Crippen LogP contribution in [-0.4, -0.2) is 10.7 Å². The summed E-state index contributed by atoms with van der Waals surface area (Å²) in [6.07, 6.45) is 2.98. The van der Waals surface area contributed by atoms with E-state index in [2.05, 4.69) is 5.32 Å². The Balaban J connectivity index is 1.86. The molecule has 0 aromatic heterocycles. The normalized spacial score (nSPS) is 10.6. The van der Waals surface area contributed by atoms with Gasteiger partial charge < -0.3 is 5.32 Å².